The van der Waals surface area contributed by atoms with Gasteiger partial charge >= 0.3 is 0 Å². The van der Waals surface area contributed by atoms with Crippen molar-refractivity contribution in [2.75, 3.05) is 35.0 Å². The van der Waals surface area contributed by atoms with Gasteiger partial charge in [0.15, 0.2) is 28.8 Å². The number of methoxy groups -OCH3 is 4. The summed E-state index contributed by atoms with van der Waals surface area (Å²) in [6.07, 6.45) is 5.83. The number of amides is 2. The van der Waals surface area contributed by atoms with Crippen molar-refractivity contribution in [3.05, 3.63) is 71.7 Å². The van der Waals surface area contributed by atoms with Crippen LogP contribution in [0.3, 0.4) is 0 Å². The third-order valence-corrected chi connectivity index (χ3v) is 7.07. The zero-order chi connectivity index (χ0) is 27.8. The van der Waals surface area contributed by atoms with E-state index in [4.69, 9.17) is 23.4 Å². The van der Waals surface area contributed by atoms with Gasteiger partial charge in [-0.25, -0.2) is 0 Å². The average Bonchev–Trinajstić information content (AvgIpc) is 3.69. The number of carbonyl (C=O) groups is 2. The number of rotatable bonds is 12. The van der Waals surface area contributed by atoms with Crippen LogP contribution in [0.5, 0.6) is 23.0 Å². The van der Waals surface area contributed by atoms with Crippen LogP contribution in [0.15, 0.2) is 59.2 Å². The Morgan fingerprint density at radius 2 is 1.67 bits per heavy atom. The molecule has 39 heavy (non-hydrogen) atoms. The first-order valence-electron chi connectivity index (χ1n) is 13.1. The number of benzene rings is 2. The summed E-state index contributed by atoms with van der Waals surface area (Å²) in [4.78, 5) is 29.4. The molecular weight excluding hydrogens is 500 g/mol. The molecule has 0 spiro atoms. The van der Waals surface area contributed by atoms with Gasteiger partial charge in [0.25, 0.3) is 5.91 Å². The van der Waals surface area contributed by atoms with E-state index >= 15 is 0 Å². The van der Waals surface area contributed by atoms with E-state index in [9.17, 15) is 9.59 Å². The summed E-state index contributed by atoms with van der Waals surface area (Å²) in [5, 5.41) is 3.18. The third-order valence-electron chi connectivity index (χ3n) is 7.07. The number of nitrogens with one attached hydrogen (secondary N) is 1. The third kappa shape index (κ3) is 6.30. The molecule has 1 aromatic heterocycles. The molecular formula is C30H36N2O7. The van der Waals surface area contributed by atoms with Gasteiger partial charge in [0.05, 0.1) is 34.7 Å². The van der Waals surface area contributed by atoms with Gasteiger partial charge in [0.2, 0.25) is 5.91 Å². The number of nitrogens with zero attached hydrogens (tertiary/aromatic N) is 1. The number of hydrogen-bond acceptors (Lipinski definition) is 7. The van der Waals surface area contributed by atoms with Gasteiger partial charge in [0, 0.05) is 18.2 Å². The van der Waals surface area contributed by atoms with Crippen LogP contribution in [0.4, 0.5) is 0 Å². The van der Waals surface area contributed by atoms with Crippen molar-refractivity contribution < 1.29 is 33.0 Å². The zero-order valence-electron chi connectivity index (χ0n) is 22.9. The van der Waals surface area contributed by atoms with E-state index in [0.29, 0.717) is 35.0 Å². The summed E-state index contributed by atoms with van der Waals surface area (Å²) in [6, 6.07) is 13.3. The standard InChI is InChI=1S/C30H36N2O7/c1-35-23-15-14-20(19-26(23)37-3)16-17-32(30(34)25-13-8-18-39-25)27(29(33)31-21-9-5-6-10-21)22-11-7-12-24(36-2)28(22)38-4/h7-8,11-15,18-19,21,27H,5-6,9-10,16-17H2,1-4H3,(H,31,33). The summed E-state index contributed by atoms with van der Waals surface area (Å²) in [5.74, 6) is 1.53. The summed E-state index contributed by atoms with van der Waals surface area (Å²) in [7, 11) is 6.22. The van der Waals surface area contributed by atoms with E-state index in [0.717, 1.165) is 31.2 Å². The number of furan rings is 1. The van der Waals surface area contributed by atoms with E-state index in [1.807, 2.05) is 18.2 Å². The molecule has 0 aliphatic heterocycles. The SMILES string of the molecule is COc1ccc(CCN(C(=O)c2ccco2)C(C(=O)NC2CCCC2)c2cccc(OC)c2OC)cc1OC. The molecule has 0 saturated heterocycles. The minimum Gasteiger partial charge on any atom is -0.493 e. The second kappa shape index (κ2) is 13.1. The van der Waals surface area contributed by atoms with Gasteiger partial charge in [-0.15, -0.1) is 0 Å². The smallest absolute Gasteiger partial charge is 0.290 e. The molecule has 208 valence electrons. The molecule has 1 saturated carbocycles. The Balaban J connectivity index is 1.76. The molecule has 1 unspecified atom stereocenters. The van der Waals surface area contributed by atoms with Gasteiger partial charge in [-0.05, 0) is 55.2 Å². The Hall–Kier alpha value is -4.14. The average molecular weight is 537 g/mol. The lowest BCUT2D eigenvalue weighted by Crippen LogP contribution is -2.47. The van der Waals surface area contributed by atoms with Crippen LogP contribution in [-0.2, 0) is 11.2 Å². The molecule has 4 rings (SSSR count). The summed E-state index contributed by atoms with van der Waals surface area (Å²) >= 11 is 0. The molecule has 1 aliphatic rings. The van der Waals surface area contributed by atoms with Crippen molar-refractivity contribution in [3.8, 4) is 23.0 Å². The summed E-state index contributed by atoms with van der Waals surface area (Å²) in [5.41, 5.74) is 1.44. The van der Waals surface area contributed by atoms with Crippen molar-refractivity contribution >= 4 is 11.8 Å². The van der Waals surface area contributed by atoms with Crippen LogP contribution in [0.1, 0.15) is 53.4 Å². The molecule has 9 nitrogen and oxygen atoms in total. The Labute approximate surface area is 229 Å². The quantitative estimate of drug-likeness (QED) is 0.355. The van der Waals surface area contributed by atoms with Gasteiger partial charge in [-0.1, -0.05) is 31.0 Å². The number of ether oxygens (including phenoxy) is 4. The van der Waals surface area contributed by atoms with E-state index in [2.05, 4.69) is 5.32 Å². The Morgan fingerprint density at radius 3 is 2.31 bits per heavy atom. The normalized spacial score (nSPS) is 13.9. The van der Waals surface area contributed by atoms with Gasteiger partial charge < -0.3 is 33.6 Å². The predicted molar refractivity (Wildman–Crippen MR) is 146 cm³/mol. The molecule has 0 radical (unpaired) electrons. The largest absolute Gasteiger partial charge is 0.493 e. The van der Waals surface area contributed by atoms with E-state index < -0.39 is 11.9 Å². The lowest BCUT2D eigenvalue weighted by atomic mass is 10.00. The van der Waals surface area contributed by atoms with Crippen LogP contribution in [0.2, 0.25) is 0 Å². The highest BCUT2D eigenvalue weighted by Crippen LogP contribution is 2.38. The number of para-hydroxylation sites is 1. The lowest BCUT2D eigenvalue weighted by Gasteiger charge is -2.32. The molecule has 1 N–H and O–H groups in total. The zero-order valence-corrected chi connectivity index (χ0v) is 22.9. The molecule has 3 aromatic rings. The van der Waals surface area contributed by atoms with Crippen molar-refractivity contribution in [3.63, 3.8) is 0 Å². The van der Waals surface area contributed by atoms with Gasteiger partial charge in [-0.2, -0.15) is 0 Å². The van der Waals surface area contributed by atoms with Crippen molar-refractivity contribution in [2.24, 2.45) is 0 Å². The minimum atomic E-state index is -0.992. The first-order chi connectivity index (χ1) is 19.0. The topological polar surface area (TPSA) is 99.5 Å². The molecule has 2 aromatic carbocycles. The van der Waals surface area contributed by atoms with Crippen molar-refractivity contribution in [2.45, 2.75) is 44.2 Å². The fraction of sp³-hybridized carbons (Fsp3) is 0.400. The van der Waals surface area contributed by atoms with Crippen LogP contribution < -0.4 is 24.3 Å². The monoisotopic (exact) mass is 536 g/mol. The van der Waals surface area contributed by atoms with Gasteiger partial charge in [0.1, 0.15) is 6.04 Å². The minimum absolute atomic E-state index is 0.0583. The van der Waals surface area contributed by atoms with E-state index in [1.165, 1.54) is 25.4 Å². The summed E-state index contributed by atoms with van der Waals surface area (Å²) < 4.78 is 27.5. The van der Waals surface area contributed by atoms with Crippen molar-refractivity contribution in [1.82, 2.24) is 10.2 Å². The Morgan fingerprint density at radius 1 is 0.923 bits per heavy atom. The van der Waals surface area contributed by atoms with Crippen LogP contribution in [0.25, 0.3) is 0 Å². The lowest BCUT2D eigenvalue weighted by molar-refractivity contribution is -0.126. The first-order valence-corrected chi connectivity index (χ1v) is 13.1. The second-order valence-electron chi connectivity index (χ2n) is 9.39. The van der Waals surface area contributed by atoms with Crippen LogP contribution in [0, 0.1) is 0 Å². The molecule has 1 fully saturated rings. The predicted octanol–water partition coefficient (Wildman–Crippen LogP) is 4.80. The fourth-order valence-electron chi connectivity index (χ4n) is 5.10. The molecule has 2 amide bonds. The maximum atomic E-state index is 14.0. The van der Waals surface area contributed by atoms with Crippen molar-refractivity contribution in [1.29, 1.82) is 0 Å². The highest BCUT2D eigenvalue weighted by Gasteiger charge is 2.37. The molecule has 1 atom stereocenters. The molecule has 9 heteroatoms. The number of carbonyl (C=O) groups excluding carboxylic acids is 2. The van der Waals surface area contributed by atoms with Crippen LogP contribution >= 0.6 is 0 Å². The van der Waals surface area contributed by atoms with E-state index in [1.54, 1.807) is 44.6 Å². The Bertz CT molecular complexity index is 1250. The van der Waals surface area contributed by atoms with Crippen LogP contribution in [-0.4, -0.2) is 57.7 Å². The first kappa shape index (κ1) is 27.9. The number of hydrogen-bond donors (Lipinski definition) is 1. The van der Waals surface area contributed by atoms with E-state index in [-0.39, 0.29) is 24.3 Å². The fourth-order valence-corrected chi connectivity index (χ4v) is 5.10. The summed E-state index contributed by atoms with van der Waals surface area (Å²) in [6.45, 7) is 0.220. The highest BCUT2D eigenvalue weighted by atomic mass is 16.5. The molecule has 1 aliphatic carbocycles. The molecule has 1 heterocycles. The maximum absolute atomic E-state index is 14.0. The maximum Gasteiger partial charge on any atom is 0.290 e. The second-order valence-corrected chi connectivity index (χ2v) is 9.39. The van der Waals surface area contributed by atoms with Gasteiger partial charge in [-0.3, -0.25) is 9.59 Å². The highest BCUT2D eigenvalue weighted by molar-refractivity contribution is 5.96. The Kier molecular flexibility index (Phi) is 9.35. The molecule has 0 bridgehead atoms.